The molecule has 0 radical (unpaired) electrons. The zero-order valence-corrected chi connectivity index (χ0v) is 16.1. The van der Waals surface area contributed by atoms with E-state index in [0.29, 0.717) is 16.5 Å². The van der Waals surface area contributed by atoms with Crippen LogP contribution in [0, 0.1) is 0 Å². The summed E-state index contributed by atoms with van der Waals surface area (Å²) in [5, 5.41) is 7.59. The molecule has 0 aliphatic carbocycles. The third-order valence-corrected chi connectivity index (χ3v) is 5.13. The van der Waals surface area contributed by atoms with Crippen molar-refractivity contribution in [1.82, 2.24) is 5.32 Å². The summed E-state index contributed by atoms with van der Waals surface area (Å²) < 4.78 is 0. The second kappa shape index (κ2) is 8.64. The summed E-state index contributed by atoms with van der Waals surface area (Å²) >= 11 is 1.34. The summed E-state index contributed by atoms with van der Waals surface area (Å²) in [5.41, 5.74) is 2.65. The van der Waals surface area contributed by atoms with Crippen molar-refractivity contribution in [2.24, 2.45) is 0 Å². The van der Waals surface area contributed by atoms with Gasteiger partial charge in [-0.15, -0.1) is 11.3 Å². The third-order valence-electron chi connectivity index (χ3n) is 4.26. The Bertz CT molecular complexity index is 888. The smallest absolute Gasteiger partial charge is 0.262 e. The maximum Gasteiger partial charge on any atom is 0.262 e. The monoisotopic (exact) mass is 378 g/mol. The molecule has 1 unspecified atom stereocenters. The standard InChI is InChI=1S/C22H22N2O2S/c1-15(2)16-10-12-18(13-11-16)23-22(26)20(17-7-4-3-5-8-17)24-21(25)19-9-6-14-27-19/h3-15,20H,1-2H3,(H,23,26)(H,24,25). The molecule has 0 aliphatic rings. The first-order valence-corrected chi connectivity index (χ1v) is 9.72. The number of thiophene rings is 1. The Morgan fingerprint density at radius 2 is 1.56 bits per heavy atom. The first-order chi connectivity index (χ1) is 13.0. The molecule has 27 heavy (non-hydrogen) atoms. The maximum atomic E-state index is 12.9. The van der Waals surface area contributed by atoms with Gasteiger partial charge in [0.25, 0.3) is 11.8 Å². The van der Waals surface area contributed by atoms with Crippen LogP contribution in [0.4, 0.5) is 5.69 Å². The Morgan fingerprint density at radius 3 is 2.15 bits per heavy atom. The number of amides is 2. The number of hydrogen-bond acceptors (Lipinski definition) is 3. The van der Waals surface area contributed by atoms with Gasteiger partial charge in [-0.2, -0.15) is 0 Å². The van der Waals surface area contributed by atoms with Crippen LogP contribution in [-0.2, 0) is 4.79 Å². The summed E-state index contributed by atoms with van der Waals surface area (Å²) in [4.78, 5) is 26.0. The molecule has 0 fully saturated rings. The van der Waals surface area contributed by atoms with Crippen molar-refractivity contribution in [2.45, 2.75) is 25.8 Å². The van der Waals surface area contributed by atoms with Gasteiger partial charge in [-0.1, -0.05) is 62.4 Å². The molecule has 0 spiro atoms. The summed E-state index contributed by atoms with van der Waals surface area (Å²) in [7, 11) is 0. The molecule has 1 aromatic heterocycles. The molecule has 2 amide bonds. The van der Waals surface area contributed by atoms with Gasteiger partial charge in [0, 0.05) is 5.69 Å². The van der Waals surface area contributed by atoms with Gasteiger partial charge >= 0.3 is 0 Å². The molecule has 0 saturated heterocycles. The number of nitrogens with one attached hydrogen (secondary N) is 2. The summed E-state index contributed by atoms with van der Waals surface area (Å²) in [6.07, 6.45) is 0. The minimum Gasteiger partial charge on any atom is -0.336 e. The minimum absolute atomic E-state index is 0.260. The number of rotatable bonds is 6. The van der Waals surface area contributed by atoms with Crippen LogP contribution in [0.3, 0.4) is 0 Å². The molecule has 138 valence electrons. The Kier molecular flexibility index (Phi) is 6.04. The van der Waals surface area contributed by atoms with E-state index in [4.69, 9.17) is 0 Å². The highest BCUT2D eigenvalue weighted by Crippen LogP contribution is 2.20. The molecule has 4 nitrogen and oxygen atoms in total. The predicted octanol–water partition coefficient (Wildman–Crippen LogP) is 4.98. The summed E-state index contributed by atoms with van der Waals surface area (Å²) in [5.74, 6) is -0.107. The fourth-order valence-electron chi connectivity index (χ4n) is 2.72. The van der Waals surface area contributed by atoms with Gasteiger partial charge in [0.15, 0.2) is 0 Å². The number of carbonyl (C=O) groups is 2. The van der Waals surface area contributed by atoms with Crippen molar-refractivity contribution in [3.05, 3.63) is 88.1 Å². The zero-order valence-electron chi connectivity index (χ0n) is 15.3. The SMILES string of the molecule is CC(C)c1ccc(NC(=O)C(NC(=O)c2cccs2)c2ccccc2)cc1. The highest BCUT2D eigenvalue weighted by atomic mass is 32.1. The summed E-state index contributed by atoms with van der Waals surface area (Å²) in [6.45, 7) is 4.25. The molecular formula is C22H22N2O2S. The van der Waals surface area contributed by atoms with E-state index in [2.05, 4.69) is 24.5 Å². The van der Waals surface area contributed by atoms with E-state index in [1.807, 2.05) is 66.0 Å². The van der Waals surface area contributed by atoms with E-state index in [1.54, 1.807) is 6.07 Å². The van der Waals surface area contributed by atoms with Gasteiger partial charge in [-0.25, -0.2) is 0 Å². The number of carbonyl (C=O) groups excluding carboxylic acids is 2. The van der Waals surface area contributed by atoms with Crippen LogP contribution in [0.15, 0.2) is 72.1 Å². The van der Waals surface area contributed by atoms with Crippen LogP contribution < -0.4 is 10.6 Å². The summed E-state index contributed by atoms with van der Waals surface area (Å²) in [6, 6.07) is 19.8. The average molecular weight is 378 g/mol. The quantitative estimate of drug-likeness (QED) is 0.635. The number of anilines is 1. The van der Waals surface area contributed by atoms with Crippen molar-refractivity contribution in [3.8, 4) is 0 Å². The first kappa shape index (κ1) is 18.9. The van der Waals surface area contributed by atoms with Crippen LogP contribution in [0.1, 0.15) is 46.6 Å². The van der Waals surface area contributed by atoms with Crippen LogP contribution >= 0.6 is 11.3 Å². The fourth-order valence-corrected chi connectivity index (χ4v) is 3.35. The molecule has 2 aromatic carbocycles. The zero-order chi connectivity index (χ0) is 19.2. The minimum atomic E-state index is -0.773. The molecule has 3 aromatic rings. The molecule has 0 aliphatic heterocycles. The lowest BCUT2D eigenvalue weighted by molar-refractivity contribution is -0.118. The highest BCUT2D eigenvalue weighted by molar-refractivity contribution is 7.12. The highest BCUT2D eigenvalue weighted by Gasteiger charge is 2.23. The van der Waals surface area contributed by atoms with Crippen molar-refractivity contribution in [3.63, 3.8) is 0 Å². The van der Waals surface area contributed by atoms with E-state index < -0.39 is 6.04 Å². The Morgan fingerprint density at radius 1 is 0.852 bits per heavy atom. The normalized spacial score (nSPS) is 11.8. The molecule has 5 heteroatoms. The van der Waals surface area contributed by atoms with Gasteiger partial charge in [-0.3, -0.25) is 9.59 Å². The van der Waals surface area contributed by atoms with Crippen molar-refractivity contribution in [2.75, 3.05) is 5.32 Å². The molecule has 1 heterocycles. The van der Waals surface area contributed by atoms with E-state index >= 15 is 0 Å². The molecule has 2 N–H and O–H groups in total. The number of benzene rings is 2. The van der Waals surface area contributed by atoms with Gasteiger partial charge in [0.1, 0.15) is 6.04 Å². The van der Waals surface area contributed by atoms with Crippen LogP contribution in [0.25, 0.3) is 0 Å². The Hall–Kier alpha value is -2.92. The van der Waals surface area contributed by atoms with Crippen LogP contribution in [0.5, 0.6) is 0 Å². The van der Waals surface area contributed by atoms with Gasteiger partial charge in [0.05, 0.1) is 4.88 Å². The molecule has 0 saturated carbocycles. The average Bonchev–Trinajstić information content (AvgIpc) is 3.22. The molecule has 1 atom stereocenters. The lowest BCUT2D eigenvalue weighted by Crippen LogP contribution is -2.36. The molecular weight excluding hydrogens is 356 g/mol. The van der Waals surface area contributed by atoms with Crippen molar-refractivity contribution in [1.29, 1.82) is 0 Å². The van der Waals surface area contributed by atoms with Crippen LogP contribution in [-0.4, -0.2) is 11.8 Å². The maximum absolute atomic E-state index is 12.9. The van der Waals surface area contributed by atoms with Crippen LogP contribution in [0.2, 0.25) is 0 Å². The fraction of sp³-hybridized carbons (Fsp3) is 0.182. The molecule has 3 rings (SSSR count). The van der Waals surface area contributed by atoms with E-state index in [0.717, 1.165) is 5.56 Å². The van der Waals surface area contributed by atoms with Gasteiger partial charge in [0.2, 0.25) is 0 Å². The van der Waals surface area contributed by atoms with Crippen molar-refractivity contribution >= 4 is 28.8 Å². The second-order valence-corrected chi connectivity index (χ2v) is 7.51. The van der Waals surface area contributed by atoms with Gasteiger partial charge < -0.3 is 10.6 Å². The van der Waals surface area contributed by atoms with E-state index in [-0.39, 0.29) is 11.8 Å². The third kappa shape index (κ3) is 4.83. The Labute approximate surface area is 163 Å². The topological polar surface area (TPSA) is 58.2 Å². The Balaban J connectivity index is 1.79. The van der Waals surface area contributed by atoms with E-state index in [1.165, 1.54) is 16.9 Å². The second-order valence-electron chi connectivity index (χ2n) is 6.56. The lowest BCUT2D eigenvalue weighted by atomic mass is 10.0. The first-order valence-electron chi connectivity index (χ1n) is 8.84. The van der Waals surface area contributed by atoms with Gasteiger partial charge in [-0.05, 0) is 40.6 Å². The predicted molar refractivity (Wildman–Crippen MR) is 110 cm³/mol. The van der Waals surface area contributed by atoms with Crippen molar-refractivity contribution < 1.29 is 9.59 Å². The largest absolute Gasteiger partial charge is 0.336 e. The lowest BCUT2D eigenvalue weighted by Gasteiger charge is -2.19. The molecule has 0 bridgehead atoms. The number of hydrogen-bond donors (Lipinski definition) is 2. The van der Waals surface area contributed by atoms with E-state index in [9.17, 15) is 9.59 Å².